The highest BCUT2D eigenvalue weighted by molar-refractivity contribution is 7.89. The summed E-state index contributed by atoms with van der Waals surface area (Å²) in [6.45, 7) is 0.311. The third-order valence-electron chi connectivity index (χ3n) is 4.33. The second kappa shape index (κ2) is 9.59. The van der Waals surface area contributed by atoms with E-state index in [4.69, 9.17) is 18.7 Å². The topological polar surface area (TPSA) is 104 Å². The maximum absolute atomic E-state index is 12.8. The van der Waals surface area contributed by atoms with Crippen LogP contribution in [0.15, 0.2) is 57.9 Å². The van der Waals surface area contributed by atoms with Gasteiger partial charge in [-0.25, -0.2) is 12.7 Å². The summed E-state index contributed by atoms with van der Waals surface area (Å²) in [7, 11) is 0.712. The molecule has 0 unspecified atom stereocenters. The Bertz CT molecular complexity index is 1070. The number of aromatic nitrogens is 2. The van der Waals surface area contributed by atoms with Gasteiger partial charge in [-0.2, -0.15) is 4.98 Å². The SMILES string of the molecule is COc1ccc(S(=O)(=O)N(C)CCc2noc(COc3ccccc3)n2)cc1OC. The number of para-hydroxylation sites is 1. The summed E-state index contributed by atoms with van der Waals surface area (Å²) in [5.41, 5.74) is 0. The Hall–Kier alpha value is -3.11. The van der Waals surface area contributed by atoms with E-state index < -0.39 is 10.0 Å². The van der Waals surface area contributed by atoms with Crippen molar-refractivity contribution in [3.63, 3.8) is 0 Å². The minimum Gasteiger partial charge on any atom is -0.493 e. The van der Waals surface area contributed by atoms with Gasteiger partial charge >= 0.3 is 0 Å². The van der Waals surface area contributed by atoms with Crippen LogP contribution >= 0.6 is 0 Å². The fourth-order valence-corrected chi connectivity index (χ4v) is 3.83. The molecule has 0 atom stereocenters. The van der Waals surface area contributed by atoms with Gasteiger partial charge in [-0.1, -0.05) is 23.4 Å². The quantitative estimate of drug-likeness (QED) is 0.480. The lowest BCUT2D eigenvalue weighted by Gasteiger charge is -2.17. The van der Waals surface area contributed by atoms with Crippen LogP contribution in [-0.4, -0.2) is 50.7 Å². The minimum atomic E-state index is -3.72. The number of likely N-dealkylation sites (N-methyl/N-ethyl adjacent to an activating group) is 1. The number of hydrogen-bond donors (Lipinski definition) is 0. The summed E-state index contributed by atoms with van der Waals surface area (Å²) in [4.78, 5) is 4.35. The molecule has 9 nitrogen and oxygen atoms in total. The molecule has 3 aromatic rings. The first-order valence-corrected chi connectivity index (χ1v) is 10.6. The molecule has 0 aliphatic carbocycles. The number of ether oxygens (including phenoxy) is 3. The van der Waals surface area contributed by atoms with Crippen molar-refractivity contribution in [2.75, 3.05) is 27.8 Å². The summed E-state index contributed by atoms with van der Waals surface area (Å²) in [5.74, 6) is 2.21. The average molecular weight is 433 g/mol. The van der Waals surface area contributed by atoms with E-state index in [9.17, 15) is 8.42 Å². The van der Waals surface area contributed by atoms with Crippen LogP contribution in [0.4, 0.5) is 0 Å². The summed E-state index contributed by atoms with van der Waals surface area (Å²) in [6, 6.07) is 13.7. The Morgan fingerprint density at radius 2 is 1.77 bits per heavy atom. The molecule has 0 saturated carbocycles. The fraction of sp³-hybridized carbons (Fsp3) is 0.300. The largest absolute Gasteiger partial charge is 0.493 e. The Labute approximate surface area is 175 Å². The van der Waals surface area contributed by atoms with Gasteiger partial charge in [0.1, 0.15) is 5.75 Å². The molecule has 30 heavy (non-hydrogen) atoms. The molecular formula is C20H23N3O6S. The van der Waals surface area contributed by atoms with Gasteiger partial charge in [-0.15, -0.1) is 0 Å². The van der Waals surface area contributed by atoms with Crippen molar-refractivity contribution in [3.8, 4) is 17.2 Å². The zero-order valence-electron chi connectivity index (χ0n) is 16.9. The number of sulfonamides is 1. The van der Waals surface area contributed by atoms with E-state index >= 15 is 0 Å². The van der Waals surface area contributed by atoms with Crippen LogP contribution in [0.1, 0.15) is 11.7 Å². The number of benzene rings is 2. The molecular weight excluding hydrogens is 410 g/mol. The van der Waals surface area contributed by atoms with Crippen LogP contribution in [0.25, 0.3) is 0 Å². The molecule has 10 heteroatoms. The van der Waals surface area contributed by atoms with Gasteiger partial charge in [0.2, 0.25) is 10.0 Å². The zero-order chi connectivity index (χ0) is 21.6. The maximum atomic E-state index is 12.8. The van der Waals surface area contributed by atoms with Gasteiger partial charge in [0, 0.05) is 26.1 Å². The van der Waals surface area contributed by atoms with Crippen molar-refractivity contribution in [2.24, 2.45) is 0 Å². The van der Waals surface area contributed by atoms with Crippen molar-refractivity contribution in [1.29, 1.82) is 0 Å². The minimum absolute atomic E-state index is 0.104. The number of nitrogens with zero attached hydrogens (tertiary/aromatic N) is 3. The highest BCUT2D eigenvalue weighted by Gasteiger charge is 2.23. The maximum Gasteiger partial charge on any atom is 0.264 e. The Kier molecular flexibility index (Phi) is 6.91. The van der Waals surface area contributed by atoms with Gasteiger partial charge in [0.15, 0.2) is 23.9 Å². The van der Waals surface area contributed by atoms with E-state index in [0.717, 1.165) is 0 Å². The first-order chi connectivity index (χ1) is 14.4. The number of rotatable bonds is 10. The summed E-state index contributed by atoms with van der Waals surface area (Å²) >= 11 is 0. The summed E-state index contributed by atoms with van der Waals surface area (Å²) < 4.78 is 47.9. The predicted octanol–water partition coefficient (Wildman–Crippen LogP) is 2.53. The zero-order valence-corrected chi connectivity index (χ0v) is 17.8. The average Bonchev–Trinajstić information content (AvgIpc) is 3.24. The first kappa shape index (κ1) is 21.6. The third kappa shape index (κ3) is 5.08. The normalized spacial score (nSPS) is 11.5. The predicted molar refractivity (Wildman–Crippen MR) is 108 cm³/mol. The van der Waals surface area contributed by atoms with Crippen LogP contribution in [0.5, 0.6) is 17.2 Å². The van der Waals surface area contributed by atoms with E-state index in [1.807, 2.05) is 30.3 Å². The summed E-state index contributed by atoms with van der Waals surface area (Å²) in [5, 5.41) is 3.88. The van der Waals surface area contributed by atoms with Gasteiger partial charge in [0.05, 0.1) is 19.1 Å². The molecule has 0 radical (unpaired) electrons. The molecule has 160 valence electrons. The van der Waals surface area contributed by atoms with E-state index in [1.165, 1.54) is 37.7 Å². The molecule has 1 heterocycles. The monoisotopic (exact) mass is 433 g/mol. The van der Waals surface area contributed by atoms with Crippen LogP contribution in [0.3, 0.4) is 0 Å². The molecule has 0 bridgehead atoms. The van der Waals surface area contributed by atoms with Crippen LogP contribution in [0.2, 0.25) is 0 Å². The lowest BCUT2D eigenvalue weighted by Crippen LogP contribution is -2.29. The second-order valence-electron chi connectivity index (χ2n) is 6.30. The molecule has 0 N–H and O–H groups in total. The van der Waals surface area contributed by atoms with Crippen molar-refractivity contribution in [1.82, 2.24) is 14.4 Å². The van der Waals surface area contributed by atoms with Crippen LogP contribution in [-0.2, 0) is 23.1 Å². The third-order valence-corrected chi connectivity index (χ3v) is 6.18. The van der Waals surface area contributed by atoms with Crippen molar-refractivity contribution >= 4 is 10.0 Å². The second-order valence-corrected chi connectivity index (χ2v) is 8.34. The molecule has 0 fully saturated rings. The molecule has 3 rings (SSSR count). The number of methoxy groups -OCH3 is 2. The van der Waals surface area contributed by atoms with Crippen molar-refractivity contribution in [3.05, 3.63) is 60.2 Å². The Morgan fingerprint density at radius 3 is 2.47 bits per heavy atom. The van der Waals surface area contributed by atoms with E-state index in [1.54, 1.807) is 6.07 Å². The standard InChI is InChI=1S/C20H23N3O6S/c1-23(30(24,25)16-9-10-17(26-2)18(13-16)27-3)12-11-19-21-20(29-22-19)14-28-15-7-5-4-6-8-15/h4-10,13H,11-12,14H2,1-3H3. The van der Waals surface area contributed by atoms with E-state index in [2.05, 4.69) is 10.1 Å². The molecule has 2 aromatic carbocycles. The molecule has 0 aliphatic rings. The van der Waals surface area contributed by atoms with Gasteiger partial charge in [0.25, 0.3) is 5.89 Å². The Balaban J connectivity index is 1.59. The van der Waals surface area contributed by atoms with Crippen molar-refractivity contribution < 1.29 is 27.2 Å². The van der Waals surface area contributed by atoms with Gasteiger partial charge < -0.3 is 18.7 Å². The van der Waals surface area contributed by atoms with Crippen LogP contribution in [0, 0.1) is 0 Å². The molecule has 0 saturated heterocycles. The van der Waals surface area contributed by atoms with Crippen molar-refractivity contribution in [2.45, 2.75) is 17.9 Å². The van der Waals surface area contributed by atoms with Gasteiger partial charge in [-0.05, 0) is 24.3 Å². The highest BCUT2D eigenvalue weighted by Crippen LogP contribution is 2.30. The smallest absolute Gasteiger partial charge is 0.264 e. The number of hydrogen-bond acceptors (Lipinski definition) is 8. The van der Waals surface area contributed by atoms with E-state index in [0.29, 0.717) is 29.0 Å². The van der Waals surface area contributed by atoms with E-state index in [-0.39, 0.29) is 24.5 Å². The molecule has 1 aromatic heterocycles. The van der Waals surface area contributed by atoms with Gasteiger partial charge in [-0.3, -0.25) is 0 Å². The highest BCUT2D eigenvalue weighted by atomic mass is 32.2. The first-order valence-electron chi connectivity index (χ1n) is 9.11. The molecule has 0 spiro atoms. The fourth-order valence-electron chi connectivity index (χ4n) is 2.65. The molecule has 0 amide bonds. The summed E-state index contributed by atoms with van der Waals surface area (Å²) in [6.07, 6.45) is 0.290. The molecule has 0 aliphatic heterocycles. The Morgan fingerprint density at radius 1 is 1.03 bits per heavy atom. The lowest BCUT2D eigenvalue weighted by molar-refractivity contribution is 0.242. The van der Waals surface area contributed by atoms with Crippen LogP contribution < -0.4 is 14.2 Å². The lowest BCUT2D eigenvalue weighted by atomic mass is 10.3.